The maximum absolute atomic E-state index is 6.95. The molecule has 2 N–H and O–H groups in total. The summed E-state index contributed by atoms with van der Waals surface area (Å²) in [6.45, 7) is 1.39. The number of methoxy groups -OCH3 is 1. The van der Waals surface area contributed by atoms with Crippen LogP contribution in [0.4, 0.5) is 5.95 Å². The van der Waals surface area contributed by atoms with Crippen LogP contribution < -0.4 is 19.9 Å². The number of allylic oxidation sites excluding steroid dienone is 2. The molecule has 5 heteroatoms. The first kappa shape index (κ1) is 15.8. The van der Waals surface area contributed by atoms with E-state index in [1.807, 2.05) is 30.6 Å². The molecule has 0 spiro atoms. The third kappa shape index (κ3) is 2.81. The van der Waals surface area contributed by atoms with Crippen molar-refractivity contribution in [1.82, 2.24) is 4.98 Å². The minimum Gasteiger partial charge on any atom is -0.497 e. The monoisotopic (exact) mass is 335 g/mol. The third-order valence-corrected chi connectivity index (χ3v) is 4.93. The molecule has 0 saturated heterocycles. The molecule has 1 unspecified atom stereocenters. The average Bonchev–Trinajstić information content (AvgIpc) is 2.96. The van der Waals surface area contributed by atoms with Gasteiger partial charge >= 0.3 is 5.95 Å². The van der Waals surface area contributed by atoms with Crippen LogP contribution in [0.3, 0.4) is 0 Å². The van der Waals surface area contributed by atoms with Crippen LogP contribution in [0.2, 0.25) is 0 Å². The predicted octanol–water partition coefficient (Wildman–Crippen LogP) is 2.33. The fraction of sp³-hybridized carbons (Fsp3) is 0.300. The van der Waals surface area contributed by atoms with Gasteiger partial charge in [-0.25, -0.2) is 9.47 Å². The number of anilines is 1. The van der Waals surface area contributed by atoms with E-state index in [0.29, 0.717) is 13.1 Å². The second kappa shape index (κ2) is 6.33. The summed E-state index contributed by atoms with van der Waals surface area (Å²) in [6.07, 6.45) is 12.6. The van der Waals surface area contributed by atoms with E-state index in [9.17, 15) is 0 Å². The number of fused-ring (bicyclic) bond motifs is 1. The van der Waals surface area contributed by atoms with Gasteiger partial charge in [0.15, 0.2) is 5.66 Å². The van der Waals surface area contributed by atoms with E-state index in [-0.39, 0.29) is 0 Å². The summed E-state index contributed by atoms with van der Waals surface area (Å²) < 4.78 is 7.39. The van der Waals surface area contributed by atoms with Gasteiger partial charge in [-0.15, -0.1) is 0 Å². The molecular weight excluding hydrogens is 312 g/mol. The zero-order valence-electron chi connectivity index (χ0n) is 14.4. The predicted molar refractivity (Wildman–Crippen MR) is 97.0 cm³/mol. The number of aromatic nitrogens is 2. The molecule has 4 rings (SSSR count). The Hall–Kier alpha value is -2.66. The maximum Gasteiger partial charge on any atom is 0.396 e. The number of ether oxygens (including phenoxy) is 1. The molecular formula is C20H23N4O+. The highest BCUT2D eigenvalue weighted by atomic mass is 16.5. The highest BCUT2D eigenvalue weighted by molar-refractivity contribution is 5.46. The Bertz CT molecular complexity index is 828. The highest BCUT2D eigenvalue weighted by Gasteiger charge is 2.50. The van der Waals surface area contributed by atoms with E-state index in [0.717, 1.165) is 30.1 Å². The summed E-state index contributed by atoms with van der Waals surface area (Å²) in [4.78, 5) is 6.80. The minimum atomic E-state index is -0.585. The zero-order chi connectivity index (χ0) is 17.3. The number of benzene rings is 1. The SMILES string of the molecule is COc1ccc(CN2c3nccc[n+]3CC2(N)C2=CCCC=C2)cc1. The van der Waals surface area contributed by atoms with Crippen molar-refractivity contribution >= 4 is 5.95 Å². The average molecular weight is 335 g/mol. The largest absolute Gasteiger partial charge is 0.497 e. The van der Waals surface area contributed by atoms with E-state index < -0.39 is 5.66 Å². The van der Waals surface area contributed by atoms with Gasteiger partial charge in [-0.05, 0) is 30.5 Å². The summed E-state index contributed by atoms with van der Waals surface area (Å²) in [6, 6.07) is 10.1. The van der Waals surface area contributed by atoms with Crippen LogP contribution in [0.25, 0.3) is 0 Å². The van der Waals surface area contributed by atoms with E-state index >= 15 is 0 Å². The lowest BCUT2D eigenvalue weighted by atomic mass is 9.93. The number of hydrogen-bond acceptors (Lipinski definition) is 4. The summed E-state index contributed by atoms with van der Waals surface area (Å²) in [5.74, 6) is 1.76. The lowest BCUT2D eigenvalue weighted by Crippen LogP contribution is -2.57. The lowest BCUT2D eigenvalue weighted by molar-refractivity contribution is -0.678. The minimum absolute atomic E-state index is 0.585. The Morgan fingerprint density at radius 1 is 1.28 bits per heavy atom. The molecule has 0 bridgehead atoms. The van der Waals surface area contributed by atoms with Crippen LogP contribution in [-0.4, -0.2) is 17.8 Å². The van der Waals surface area contributed by atoms with Crippen molar-refractivity contribution in [3.63, 3.8) is 0 Å². The normalized spacial score (nSPS) is 21.8. The van der Waals surface area contributed by atoms with Gasteiger partial charge in [-0.1, -0.05) is 35.3 Å². The molecule has 1 aromatic carbocycles. The van der Waals surface area contributed by atoms with E-state index in [1.54, 1.807) is 7.11 Å². The van der Waals surface area contributed by atoms with Crippen LogP contribution in [0.5, 0.6) is 5.75 Å². The summed E-state index contributed by atoms with van der Waals surface area (Å²) in [5, 5.41) is 0. The van der Waals surface area contributed by atoms with E-state index in [4.69, 9.17) is 10.5 Å². The quantitative estimate of drug-likeness (QED) is 0.872. The molecule has 1 atom stereocenters. The smallest absolute Gasteiger partial charge is 0.396 e. The van der Waals surface area contributed by atoms with Crippen LogP contribution >= 0.6 is 0 Å². The topological polar surface area (TPSA) is 55.3 Å². The Morgan fingerprint density at radius 2 is 2.12 bits per heavy atom. The highest BCUT2D eigenvalue weighted by Crippen LogP contribution is 2.33. The van der Waals surface area contributed by atoms with Crippen molar-refractivity contribution in [3.05, 3.63) is 72.1 Å². The van der Waals surface area contributed by atoms with Gasteiger partial charge in [0, 0.05) is 11.6 Å². The van der Waals surface area contributed by atoms with Crippen molar-refractivity contribution in [1.29, 1.82) is 0 Å². The van der Waals surface area contributed by atoms with Gasteiger partial charge in [0.25, 0.3) is 0 Å². The van der Waals surface area contributed by atoms with Crippen LogP contribution in [0, 0.1) is 0 Å². The Morgan fingerprint density at radius 3 is 2.84 bits per heavy atom. The Balaban J connectivity index is 1.71. The summed E-state index contributed by atoms with van der Waals surface area (Å²) in [7, 11) is 1.68. The Labute approximate surface area is 148 Å². The summed E-state index contributed by atoms with van der Waals surface area (Å²) in [5.41, 5.74) is 8.71. The van der Waals surface area contributed by atoms with E-state index in [1.165, 1.54) is 5.56 Å². The van der Waals surface area contributed by atoms with Crippen LogP contribution in [0.15, 0.2) is 66.5 Å². The first-order chi connectivity index (χ1) is 12.2. The van der Waals surface area contributed by atoms with Gasteiger partial charge < -0.3 is 4.74 Å². The van der Waals surface area contributed by atoms with Crippen molar-refractivity contribution in [2.75, 3.05) is 12.0 Å². The van der Waals surface area contributed by atoms with Gasteiger partial charge in [0.2, 0.25) is 0 Å². The number of hydrogen-bond donors (Lipinski definition) is 1. The molecule has 2 heterocycles. The molecule has 128 valence electrons. The van der Waals surface area contributed by atoms with Gasteiger partial charge in [-0.2, -0.15) is 0 Å². The molecule has 25 heavy (non-hydrogen) atoms. The fourth-order valence-corrected chi connectivity index (χ4v) is 3.57. The van der Waals surface area contributed by atoms with Gasteiger partial charge in [-0.3, -0.25) is 5.73 Å². The number of rotatable bonds is 4. The van der Waals surface area contributed by atoms with E-state index in [2.05, 4.69) is 44.8 Å². The number of nitrogens with two attached hydrogens (primary N) is 1. The molecule has 2 aromatic rings. The second-order valence-corrected chi connectivity index (χ2v) is 6.55. The molecule has 0 radical (unpaired) electrons. The molecule has 1 aliphatic heterocycles. The first-order valence-electron chi connectivity index (χ1n) is 8.62. The van der Waals surface area contributed by atoms with Crippen molar-refractivity contribution in [2.45, 2.75) is 31.6 Å². The number of nitrogens with zero attached hydrogens (tertiary/aromatic N) is 3. The van der Waals surface area contributed by atoms with Crippen molar-refractivity contribution < 1.29 is 9.30 Å². The third-order valence-electron chi connectivity index (χ3n) is 4.93. The van der Waals surface area contributed by atoms with Crippen molar-refractivity contribution in [3.8, 4) is 5.75 Å². The Kier molecular flexibility index (Phi) is 4.01. The molecule has 5 nitrogen and oxygen atoms in total. The summed E-state index contributed by atoms with van der Waals surface area (Å²) >= 11 is 0. The molecule has 1 aliphatic carbocycles. The fourth-order valence-electron chi connectivity index (χ4n) is 3.57. The molecule has 0 amide bonds. The maximum atomic E-state index is 6.95. The van der Waals surface area contributed by atoms with Crippen LogP contribution in [-0.2, 0) is 13.1 Å². The molecule has 1 aromatic heterocycles. The van der Waals surface area contributed by atoms with Gasteiger partial charge in [0.05, 0.1) is 19.9 Å². The van der Waals surface area contributed by atoms with Gasteiger partial charge in [0.1, 0.15) is 18.5 Å². The lowest BCUT2D eigenvalue weighted by Gasteiger charge is -2.31. The zero-order valence-corrected chi connectivity index (χ0v) is 14.4. The van der Waals surface area contributed by atoms with Crippen molar-refractivity contribution in [2.24, 2.45) is 5.73 Å². The molecule has 2 aliphatic rings. The first-order valence-corrected chi connectivity index (χ1v) is 8.62. The molecule has 0 saturated carbocycles. The second-order valence-electron chi connectivity index (χ2n) is 6.55. The van der Waals surface area contributed by atoms with Crippen LogP contribution in [0.1, 0.15) is 18.4 Å². The standard InChI is InChI=1S/C20H23N4O/c1-25-18-10-8-16(9-11-18)14-24-19-22-12-5-13-23(19)15-20(24,21)17-6-3-2-4-7-17/h3,5-13H,2,4,14-15,21H2,1H3/q+1. The molecule has 0 fully saturated rings.